The van der Waals surface area contributed by atoms with Gasteiger partial charge in [-0.2, -0.15) is 4.31 Å². The van der Waals surface area contributed by atoms with Gasteiger partial charge in [0.15, 0.2) is 15.9 Å². The molecule has 2 atom stereocenters. The largest absolute Gasteiger partial charge is 0.452 e. The SMILES string of the molecule is CC(OC(=O)C1CCN(S(=O)(=O)c2cccs2)CC1)C(=O)NC1CCS(=O)(=O)C1. The van der Waals surface area contributed by atoms with Gasteiger partial charge in [0.1, 0.15) is 4.21 Å². The normalized spacial score (nSPS) is 24.1. The van der Waals surface area contributed by atoms with Gasteiger partial charge in [-0.3, -0.25) is 9.59 Å². The summed E-state index contributed by atoms with van der Waals surface area (Å²) in [5.74, 6) is -1.61. The molecule has 0 radical (unpaired) electrons. The summed E-state index contributed by atoms with van der Waals surface area (Å²) in [5.41, 5.74) is 0. The van der Waals surface area contributed by atoms with Crippen molar-refractivity contribution in [2.24, 2.45) is 5.92 Å². The summed E-state index contributed by atoms with van der Waals surface area (Å²) in [7, 11) is -6.66. The molecule has 9 nitrogen and oxygen atoms in total. The smallest absolute Gasteiger partial charge is 0.309 e. The number of ether oxygens (including phenoxy) is 1. The van der Waals surface area contributed by atoms with Crippen molar-refractivity contribution >= 4 is 43.1 Å². The first-order valence-corrected chi connectivity index (χ1v) is 13.5. The van der Waals surface area contributed by atoms with Crippen LogP contribution in [0.25, 0.3) is 0 Å². The number of hydrogen-bond donors (Lipinski definition) is 1. The number of sulfonamides is 1. The van der Waals surface area contributed by atoms with E-state index >= 15 is 0 Å². The van der Waals surface area contributed by atoms with E-state index < -0.39 is 49.8 Å². The topological polar surface area (TPSA) is 127 Å². The monoisotopic (exact) mass is 464 g/mol. The molecule has 2 aliphatic heterocycles. The van der Waals surface area contributed by atoms with Crippen molar-refractivity contribution in [2.45, 2.75) is 42.5 Å². The van der Waals surface area contributed by atoms with Gasteiger partial charge < -0.3 is 10.1 Å². The number of hydrogen-bond acceptors (Lipinski definition) is 8. The van der Waals surface area contributed by atoms with Crippen LogP contribution in [0.15, 0.2) is 21.7 Å². The Morgan fingerprint density at radius 2 is 1.97 bits per heavy atom. The van der Waals surface area contributed by atoms with E-state index in [0.29, 0.717) is 19.3 Å². The van der Waals surface area contributed by atoms with E-state index in [1.54, 1.807) is 17.5 Å². The van der Waals surface area contributed by atoms with Crippen molar-refractivity contribution in [3.05, 3.63) is 17.5 Å². The summed E-state index contributed by atoms with van der Waals surface area (Å²) in [6.45, 7) is 1.86. The summed E-state index contributed by atoms with van der Waals surface area (Å²) in [6, 6.07) is 2.77. The molecule has 0 bridgehead atoms. The summed E-state index contributed by atoms with van der Waals surface area (Å²) < 4.78 is 54.9. The molecule has 2 saturated heterocycles. The van der Waals surface area contributed by atoms with Crippen molar-refractivity contribution in [3.8, 4) is 0 Å². The Morgan fingerprint density at radius 1 is 1.28 bits per heavy atom. The van der Waals surface area contributed by atoms with Crippen molar-refractivity contribution < 1.29 is 31.2 Å². The lowest BCUT2D eigenvalue weighted by atomic mass is 9.98. The highest BCUT2D eigenvalue weighted by molar-refractivity contribution is 7.91. The average Bonchev–Trinajstić information content (AvgIpc) is 3.32. The zero-order chi connectivity index (χ0) is 21.2. The lowest BCUT2D eigenvalue weighted by molar-refractivity contribution is -0.160. The molecule has 2 fully saturated rings. The number of amides is 1. The first-order valence-electron chi connectivity index (χ1n) is 9.33. The summed E-state index contributed by atoms with van der Waals surface area (Å²) >= 11 is 1.15. The number of esters is 1. The number of thiophene rings is 1. The molecule has 0 saturated carbocycles. The van der Waals surface area contributed by atoms with Gasteiger partial charge in [0.05, 0.1) is 17.4 Å². The summed E-state index contributed by atoms with van der Waals surface area (Å²) in [5, 5.41) is 4.30. The second-order valence-corrected chi connectivity index (χ2v) is 12.6. The van der Waals surface area contributed by atoms with E-state index in [9.17, 15) is 26.4 Å². The molecule has 2 unspecified atom stereocenters. The van der Waals surface area contributed by atoms with Crippen LogP contribution in [-0.2, 0) is 34.2 Å². The molecule has 162 valence electrons. The second kappa shape index (κ2) is 8.70. The molecule has 1 amide bonds. The van der Waals surface area contributed by atoms with Gasteiger partial charge in [-0.15, -0.1) is 11.3 Å². The van der Waals surface area contributed by atoms with Gasteiger partial charge in [-0.1, -0.05) is 6.07 Å². The Balaban J connectivity index is 1.47. The third kappa shape index (κ3) is 5.36. The fourth-order valence-electron chi connectivity index (χ4n) is 3.42. The molecule has 3 rings (SSSR count). The zero-order valence-electron chi connectivity index (χ0n) is 15.9. The number of nitrogens with one attached hydrogen (secondary N) is 1. The summed E-state index contributed by atoms with van der Waals surface area (Å²) in [4.78, 5) is 24.5. The minimum atomic E-state index is -3.54. The van der Waals surface area contributed by atoms with E-state index in [1.165, 1.54) is 11.2 Å². The second-order valence-electron chi connectivity index (χ2n) is 7.30. The van der Waals surface area contributed by atoms with Gasteiger partial charge in [0, 0.05) is 19.1 Å². The highest BCUT2D eigenvalue weighted by atomic mass is 32.2. The fourth-order valence-corrected chi connectivity index (χ4v) is 7.71. The Bertz CT molecular complexity index is 949. The van der Waals surface area contributed by atoms with Crippen molar-refractivity contribution in [1.29, 1.82) is 0 Å². The highest BCUT2D eigenvalue weighted by Gasteiger charge is 2.35. The maximum atomic E-state index is 12.5. The lowest BCUT2D eigenvalue weighted by Crippen LogP contribution is -2.44. The van der Waals surface area contributed by atoms with Crippen LogP contribution in [-0.4, -0.2) is 69.8 Å². The molecule has 0 aromatic carbocycles. The highest BCUT2D eigenvalue weighted by Crippen LogP contribution is 2.27. The molecule has 0 spiro atoms. The molecule has 3 heterocycles. The first kappa shape index (κ1) is 22.2. The van der Waals surface area contributed by atoms with Crippen LogP contribution >= 0.6 is 11.3 Å². The molecule has 1 aromatic rings. The molecule has 2 aliphatic rings. The number of carbonyl (C=O) groups excluding carboxylic acids is 2. The van der Waals surface area contributed by atoms with Crippen LogP contribution in [0.1, 0.15) is 26.2 Å². The van der Waals surface area contributed by atoms with Crippen molar-refractivity contribution in [2.75, 3.05) is 24.6 Å². The number of piperidine rings is 1. The van der Waals surface area contributed by atoms with Crippen LogP contribution in [0.2, 0.25) is 0 Å². The molecule has 1 aromatic heterocycles. The van der Waals surface area contributed by atoms with E-state index in [1.807, 2.05) is 0 Å². The molecule has 0 aliphatic carbocycles. The maximum absolute atomic E-state index is 12.5. The quantitative estimate of drug-likeness (QED) is 0.603. The Hall–Kier alpha value is -1.50. The van der Waals surface area contributed by atoms with Gasteiger partial charge in [0.2, 0.25) is 0 Å². The van der Waals surface area contributed by atoms with Crippen molar-refractivity contribution in [3.63, 3.8) is 0 Å². The summed E-state index contributed by atoms with van der Waals surface area (Å²) in [6.07, 6.45) is -0.0536. The van der Waals surface area contributed by atoms with Gasteiger partial charge in [-0.25, -0.2) is 16.8 Å². The van der Waals surface area contributed by atoms with Crippen LogP contribution in [0.5, 0.6) is 0 Å². The fraction of sp³-hybridized carbons (Fsp3) is 0.647. The van der Waals surface area contributed by atoms with Gasteiger partial charge in [0.25, 0.3) is 15.9 Å². The number of rotatable bonds is 6. The number of sulfone groups is 1. The molecule has 1 N–H and O–H groups in total. The van der Waals surface area contributed by atoms with E-state index in [4.69, 9.17) is 4.74 Å². The van der Waals surface area contributed by atoms with Gasteiger partial charge in [-0.05, 0) is 37.6 Å². The van der Waals surface area contributed by atoms with Crippen molar-refractivity contribution in [1.82, 2.24) is 9.62 Å². The molecule has 12 heteroatoms. The van der Waals surface area contributed by atoms with Gasteiger partial charge >= 0.3 is 5.97 Å². The minimum absolute atomic E-state index is 0.0407. The molecule has 29 heavy (non-hydrogen) atoms. The minimum Gasteiger partial charge on any atom is -0.452 e. The first-order chi connectivity index (χ1) is 13.6. The number of carbonyl (C=O) groups is 2. The van der Waals surface area contributed by atoms with Crippen LogP contribution in [0, 0.1) is 5.92 Å². The maximum Gasteiger partial charge on any atom is 0.309 e. The third-order valence-electron chi connectivity index (χ3n) is 5.12. The standard InChI is InChI=1S/C17H24N2O7S3/c1-12(16(20)18-14-6-10-28(22,23)11-14)26-17(21)13-4-7-19(8-5-13)29(24,25)15-3-2-9-27-15/h2-3,9,12-14H,4-8,10-11H2,1H3,(H,18,20). The third-order valence-corrected chi connectivity index (χ3v) is 10.2. The van der Waals surface area contributed by atoms with Crippen LogP contribution < -0.4 is 5.32 Å². The number of nitrogens with zero attached hydrogens (tertiary/aromatic N) is 1. The predicted octanol–water partition coefficient (Wildman–Crippen LogP) is 0.384. The van der Waals surface area contributed by atoms with Crippen LogP contribution in [0.4, 0.5) is 0 Å². The lowest BCUT2D eigenvalue weighted by Gasteiger charge is -2.30. The van der Waals surface area contributed by atoms with E-state index in [2.05, 4.69) is 5.32 Å². The Kier molecular flexibility index (Phi) is 6.66. The van der Waals surface area contributed by atoms with E-state index in [0.717, 1.165) is 11.3 Å². The average molecular weight is 465 g/mol. The molecular weight excluding hydrogens is 440 g/mol. The van der Waals surface area contributed by atoms with E-state index in [-0.39, 0.29) is 28.8 Å². The predicted molar refractivity (Wildman–Crippen MR) is 107 cm³/mol. The Labute approximate surface area is 174 Å². The Morgan fingerprint density at radius 3 is 2.52 bits per heavy atom. The zero-order valence-corrected chi connectivity index (χ0v) is 18.4. The molecular formula is C17H24N2O7S3. The van der Waals surface area contributed by atoms with Crippen LogP contribution in [0.3, 0.4) is 0 Å².